The van der Waals surface area contributed by atoms with Gasteiger partial charge in [-0.05, 0) is 41.5 Å². The van der Waals surface area contributed by atoms with Crippen LogP contribution in [0.3, 0.4) is 0 Å². The molecule has 19 heavy (non-hydrogen) atoms. The van der Waals surface area contributed by atoms with Gasteiger partial charge in [-0.1, -0.05) is 65.5 Å². The predicted molar refractivity (Wildman–Crippen MR) is 90.6 cm³/mol. The van der Waals surface area contributed by atoms with Crippen LogP contribution in [-0.4, -0.2) is 7.11 Å². The van der Waals surface area contributed by atoms with E-state index in [0.717, 1.165) is 25.8 Å². The fraction of sp³-hybridized carbons (Fsp3) is 0.143. The summed E-state index contributed by atoms with van der Waals surface area (Å²) in [6.45, 7) is 0. The number of benzene rings is 2. The lowest BCUT2D eigenvalue weighted by Gasteiger charge is -2.14. The van der Waals surface area contributed by atoms with Crippen LogP contribution in [0.1, 0.15) is 16.0 Å². The van der Waals surface area contributed by atoms with Crippen molar-refractivity contribution in [3.63, 3.8) is 0 Å². The highest BCUT2D eigenvalue weighted by molar-refractivity contribution is 9.11. The monoisotopic (exact) mass is 466 g/mol. The molecule has 1 unspecified atom stereocenters. The smallest absolute Gasteiger partial charge is 0.120 e. The zero-order valence-corrected chi connectivity index (χ0v) is 15.5. The van der Waals surface area contributed by atoms with Crippen LogP contribution in [0.25, 0.3) is 0 Å². The van der Waals surface area contributed by atoms with Gasteiger partial charge in [0.25, 0.3) is 0 Å². The van der Waals surface area contributed by atoms with Gasteiger partial charge in [0.1, 0.15) is 5.75 Å². The van der Waals surface area contributed by atoms with Crippen molar-refractivity contribution in [2.24, 2.45) is 0 Å². The molecule has 0 amide bonds. The lowest BCUT2D eigenvalue weighted by atomic mass is 10.0. The number of ether oxygens (including phenoxy) is 1. The maximum atomic E-state index is 6.30. The Labute approximate surface area is 142 Å². The van der Waals surface area contributed by atoms with Gasteiger partial charge >= 0.3 is 0 Å². The number of rotatable bonds is 3. The molecule has 0 saturated carbocycles. The molecular formula is C14H10Br3ClO. The van der Waals surface area contributed by atoms with Crippen molar-refractivity contribution in [3.05, 3.63) is 61.5 Å². The highest BCUT2D eigenvalue weighted by Gasteiger charge is 2.15. The van der Waals surface area contributed by atoms with E-state index in [-0.39, 0.29) is 4.83 Å². The Kier molecular flexibility index (Phi) is 5.35. The standard InChI is InChI=1S/C14H10Br3ClO/c1-19-11-2-3-12(13(18)7-11)14(17)8-4-9(15)6-10(16)5-8/h2-7,14H,1H3. The van der Waals surface area contributed by atoms with E-state index in [4.69, 9.17) is 16.3 Å². The van der Waals surface area contributed by atoms with Gasteiger partial charge in [-0.3, -0.25) is 0 Å². The van der Waals surface area contributed by atoms with Crippen LogP contribution in [0.15, 0.2) is 45.3 Å². The second kappa shape index (κ2) is 6.61. The van der Waals surface area contributed by atoms with Gasteiger partial charge in [-0.15, -0.1) is 0 Å². The van der Waals surface area contributed by atoms with Gasteiger partial charge in [0.05, 0.1) is 11.9 Å². The van der Waals surface area contributed by atoms with Crippen LogP contribution in [0.4, 0.5) is 0 Å². The van der Waals surface area contributed by atoms with Gasteiger partial charge in [-0.25, -0.2) is 0 Å². The summed E-state index contributed by atoms with van der Waals surface area (Å²) in [6.07, 6.45) is 0. The number of hydrogen-bond donors (Lipinski definition) is 0. The molecule has 0 spiro atoms. The van der Waals surface area contributed by atoms with Crippen molar-refractivity contribution in [2.45, 2.75) is 4.83 Å². The Bertz CT molecular complexity index is 581. The Balaban J connectivity index is 2.40. The first-order chi connectivity index (χ1) is 9.01. The van der Waals surface area contributed by atoms with Crippen LogP contribution in [0.2, 0.25) is 5.02 Å². The minimum atomic E-state index is 0.0275. The molecular weight excluding hydrogens is 459 g/mol. The highest BCUT2D eigenvalue weighted by atomic mass is 79.9. The molecule has 2 aromatic carbocycles. The Morgan fingerprint density at radius 2 is 1.68 bits per heavy atom. The maximum Gasteiger partial charge on any atom is 0.120 e. The van der Waals surface area contributed by atoms with E-state index in [0.29, 0.717) is 5.02 Å². The predicted octanol–water partition coefficient (Wildman–Crippen LogP) is 6.36. The Hall–Kier alpha value is -0.0300. The number of halogens is 4. The fourth-order valence-corrected chi connectivity index (χ4v) is 4.15. The Morgan fingerprint density at radius 3 is 2.21 bits per heavy atom. The minimum absolute atomic E-state index is 0.0275. The van der Waals surface area contributed by atoms with Crippen molar-refractivity contribution in [2.75, 3.05) is 7.11 Å². The van der Waals surface area contributed by atoms with Crippen LogP contribution >= 0.6 is 59.4 Å². The van der Waals surface area contributed by atoms with Gasteiger partial charge in [-0.2, -0.15) is 0 Å². The summed E-state index contributed by atoms with van der Waals surface area (Å²) < 4.78 is 7.20. The first kappa shape index (κ1) is 15.4. The molecule has 2 aromatic rings. The largest absolute Gasteiger partial charge is 0.497 e. The van der Waals surface area contributed by atoms with Crippen LogP contribution in [-0.2, 0) is 0 Å². The minimum Gasteiger partial charge on any atom is -0.497 e. The molecule has 1 atom stereocenters. The molecule has 0 bridgehead atoms. The topological polar surface area (TPSA) is 9.23 Å². The van der Waals surface area contributed by atoms with Crippen molar-refractivity contribution in [1.29, 1.82) is 0 Å². The van der Waals surface area contributed by atoms with E-state index < -0.39 is 0 Å². The van der Waals surface area contributed by atoms with Crippen molar-refractivity contribution < 1.29 is 4.74 Å². The molecule has 0 radical (unpaired) electrons. The lowest BCUT2D eigenvalue weighted by Crippen LogP contribution is -1.95. The molecule has 0 fully saturated rings. The second-order valence-electron chi connectivity index (χ2n) is 3.95. The quantitative estimate of drug-likeness (QED) is 0.476. The molecule has 0 heterocycles. The number of methoxy groups -OCH3 is 1. The lowest BCUT2D eigenvalue weighted by molar-refractivity contribution is 0.414. The van der Waals surface area contributed by atoms with E-state index in [2.05, 4.69) is 59.9 Å². The average molecular weight is 469 g/mol. The zero-order valence-electron chi connectivity index (χ0n) is 9.96. The zero-order chi connectivity index (χ0) is 14.0. The average Bonchev–Trinajstić information content (AvgIpc) is 2.36. The second-order valence-corrected chi connectivity index (χ2v) is 7.11. The molecule has 0 aliphatic heterocycles. The van der Waals surface area contributed by atoms with Crippen LogP contribution in [0.5, 0.6) is 5.75 Å². The molecule has 1 nitrogen and oxygen atoms in total. The van der Waals surface area contributed by atoms with E-state index in [9.17, 15) is 0 Å². The fourth-order valence-electron chi connectivity index (χ4n) is 1.74. The van der Waals surface area contributed by atoms with E-state index in [1.54, 1.807) is 7.11 Å². The van der Waals surface area contributed by atoms with Gasteiger partial charge in [0.2, 0.25) is 0 Å². The number of hydrogen-bond acceptors (Lipinski definition) is 1. The summed E-state index contributed by atoms with van der Waals surface area (Å²) >= 11 is 17.0. The molecule has 0 saturated heterocycles. The molecule has 0 aromatic heterocycles. The van der Waals surface area contributed by atoms with Crippen LogP contribution in [0, 0.1) is 0 Å². The summed E-state index contributed by atoms with van der Waals surface area (Å²) in [7, 11) is 1.63. The molecule has 5 heteroatoms. The summed E-state index contributed by atoms with van der Waals surface area (Å²) in [5, 5.41) is 0.678. The first-order valence-electron chi connectivity index (χ1n) is 5.44. The van der Waals surface area contributed by atoms with Gasteiger partial charge < -0.3 is 4.74 Å². The third kappa shape index (κ3) is 3.75. The molecule has 2 rings (SSSR count). The van der Waals surface area contributed by atoms with E-state index in [1.165, 1.54) is 0 Å². The summed E-state index contributed by atoms with van der Waals surface area (Å²) in [5.41, 5.74) is 2.13. The Morgan fingerprint density at radius 1 is 1.05 bits per heavy atom. The van der Waals surface area contributed by atoms with Crippen molar-refractivity contribution >= 4 is 59.4 Å². The summed E-state index contributed by atoms with van der Waals surface area (Å²) in [5.74, 6) is 0.754. The van der Waals surface area contributed by atoms with Gasteiger partial charge in [0, 0.05) is 14.0 Å². The normalized spacial score (nSPS) is 12.3. The third-order valence-electron chi connectivity index (χ3n) is 2.66. The highest BCUT2D eigenvalue weighted by Crippen LogP contribution is 2.38. The molecule has 0 N–H and O–H groups in total. The molecule has 0 aliphatic rings. The van der Waals surface area contributed by atoms with Crippen molar-refractivity contribution in [3.8, 4) is 5.75 Å². The summed E-state index contributed by atoms with van der Waals surface area (Å²) in [4.78, 5) is 0.0275. The maximum absolute atomic E-state index is 6.30. The first-order valence-corrected chi connectivity index (χ1v) is 8.32. The number of alkyl halides is 1. The van der Waals surface area contributed by atoms with Crippen molar-refractivity contribution in [1.82, 2.24) is 0 Å². The molecule has 100 valence electrons. The van der Waals surface area contributed by atoms with E-state index >= 15 is 0 Å². The SMILES string of the molecule is COc1ccc(C(Br)c2cc(Br)cc(Br)c2)c(Cl)c1. The van der Waals surface area contributed by atoms with E-state index in [1.807, 2.05) is 24.3 Å². The molecule has 0 aliphatic carbocycles. The third-order valence-corrected chi connectivity index (χ3v) is 4.92. The van der Waals surface area contributed by atoms with Gasteiger partial charge in [0.15, 0.2) is 0 Å². The van der Waals surface area contributed by atoms with Crippen LogP contribution < -0.4 is 4.74 Å². The summed E-state index contributed by atoms with van der Waals surface area (Å²) in [6, 6.07) is 11.8.